The van der Waals surface area contributed by atoms with Crippen molar-refractivity contribution >= 4 is 10.8 Å². The average molecular weight is 426 g/mol. The first-order chi connectivity index (χ1) is 14.1. The Morgan fingerprint density at radius 3 is 2.33 bits per heavy atom. The van der Waals surface area contributed by atoms with Crippen molar-refractivity contribution in [1.82, 2.24) is 0 Å². The van der Waals surface area contributed by atoms with Crippen LogP contribution in [-0.2, 0) is 6.54 Å². The van der Waals surface area contributed by atoms with Gasteiger partial charge in [-0.15, -0.1) is 0 Å². The molecule has 0 bridgehead atoms. The number of quaternary nitrogens is 1. The lowest BCUT2D eigenvalue weighted by atomic mass is 9.95. The molecule has 1 N–H and O–H groups in total. The molecule has 0 spiro atoms. The zero-order valence-corrected chi connectivity index (χ0v) is 18.5. The van der Waals surface area contributed by atoms with Gasteiger partial charge in [0.25, 0.3) is 0 Å². The number of aliphatic hydroxyl groups is 1. The van der Waals surface area contributed by atoms with E-state index in [0.29, 0.717) is 6.61 Å². The van der Waals surface area contributed by atoms with Gasteiger partial charge < -0.3 is 26.7 Å². The predicted octanol–water partition coefficient (Wildman–Crippen LogP) is 2.03. The minimum atomic E-state index is -0.474. The number of halogens is 1. The molecule has 1 saturated heterocycles. The van der Waals surface area contributed by atoms with E-state index in [1.165, 1.54) is 23.8 Å². The highest BCUT2D eigenvalue weighted by atomic mass is 35.5. The number of rotatable bonds is 7. The molecule has 1 fully saturated rings. The summed E-state index contributed by atoms with van der Waals surface area (Å²) < 4.78 is 6.93. The highest BCUT2D eigenvalue weighted by molar-refractivity contribution is 5.83. The van der Waals surface area contributed by atoms with Crippen LogP contribution in [0.1, 0.15) is 25.3 Å². The molecule has 30 heavy (non-hydrogen) atoms. The Balaban J connectivity index is 0.00000256. The smallest absolute Gasteiger partial charge is 0.137 e. The van der Waals surface area contributed by atoms with Crippen LogP contribution in [0.5, 0.6) is 5.75 Å². The number of ether oxygens (including phenoxy) is 1. The number of likely N-dealkylation sites (tertiary alicyclic amines) is 1. The van der Waals surface area contributed by atoms with Gasteiger partial charge in [0.15, 0.2) is 0 Å². The molecule has 4 rings (SSSR count). The maximum Gasteiger partial charge on any atom is 0.137 e. The summed E-state index contributed by atoms with van der Waals surface area (Å²) in [5.41, 5.74) is 1.35. The third-order valence-electron chi connectivity index (χ3n) is 6.31. The second-order valence-corrected chi connectivity index (χ2v) is 8.77. The lowest BCUT2D eigenvalue weighted by molar-refractivity contribution is -0.948. The monoisotopic (exact) mass is 425 g/mol. The third kappa shape index (κ3) is 5.75. The molecule has 0 aliphatic carbocycles. The molecule has 3 nitrogen and oxygen atoms in total. The Labute approximate surface area is 186 Å². The first kappa shape index (κ1) is 22.6. The third-order valence-corrected chi connectivity index (χ3v) is 6.31. The Morgan fingerprint density at radius 2 is 1.60 bits per heavy atom. The minimum absolute atomic E-state index is 0. The number of piperidine rings is 1. The molecular weight excluding hydrogens is 394 g/mol. The zero-order valence-electron chi connectivity index (χ0n) is 17.7. The van der Waals surface area contributed by atoms with E-state index in [-0.39, 0.29) is 12.4 Å². The molecule has 0 radical (unpaired) electrons. The molecule has 1 atom stereocenters. The normalized spacial score (nSPS) is 22.3. The average Bonchev–Trinajstić information content (AvgIpc) is 2.75. The predicted molar refractivity (Wildman–Crippen MR) is 119 cm³/mol. The minimum Gasteiger partial charge on any atom is -1.00 e. The van der Waals surface area contributed by atoms with Crippen molar-refractivity contribution in [2.24, 2.45) is 5.92 Å². The van der Waals surface area contributed by atoms with Crippen molar-refractivity contribution in [3.8, 4) is 5.75 Å². The van der Waals surface area contributed by atoms with E-state index in [4.69, 9.17) is 4.74 Å². The largest absolute Gasteiger partial charge is 1.00 e. The lowest BCUT2D eigenvalue weighted by Gasteiger charge is -2.44. The van der Waals surface area contributed by atoms with Crippen LogP contribution in [0.3, 0.4) is 0 Å². The van der Waals surface area contributed by atoms with Gasteiger partial charge in [-0.2, -0.15) is 0 Å². The summed E-state index contributed by atoms with van der Waals surface area (Å²) in [7, 11) is 0. The fourth-order valence-corrected chi connectivity index (χ4v) is 4.57. The molecule has 0 amide bonds. The van der Waals surface area contributed by atoms with Gasteiger partial charge in [-0.05, 0) is 41.7 Å². The van der Waals surface area contributed by atoms with Gasteiger partial charge in [-0.3, -0.25) is 0 Å². The number of hydrogen-bond acceptors (Lipinski definition) is 2. The molecule has 1 heterocycles. The summed E-state index contributed by atoms with van der Waals surface area (Å²) in [6, 6.07) is 25.1. The van der Waals surface area contributed by atoms with Crippen molar-refractivity contribution in [2.45, 2.75) is 32.4 Å². The highest BCUT2D eigenvalue weighted by Crippen LogP contribution is 2.27. The van der Waals surface area contributed by atoms with Crippen molar-refractivity contribution in [2.75, 3.05) is 26.2 Å². The van der Waals surface area contributed by atoms with Crippen molar-refractivity contribution in [3.63, 3.8) is 0 Å². The summed E-state index contributed by atoms with van der Waals surface area (Å²) >= 11 is 0. The maximum atomic E-state index is 10.8. The fourth-order valence-electron chi connectivity index (χ4n) is 4.57. The van der Waals surface area contributed by atoms with Crippen molar-refractivity contribution in [3.05, 3.63) is 78.4 Å². The Morgan fingerprint density at radius 1 is 0.933 bits per heavy atom. The molecule has 0 saturated carbocycles. The second kappa shape index (κ2) is 10.3. The molecule has 1 unspecified atom stereocenters. The molecule has 4 heteroatoms. The van der Waals surface area contributed by atoms with Crippen LogP contribution < -0.4 is 17.1 Å². The fraction of sp³-hybridized carbons (Fsp3) is 0.385. The standard InChI is InChI=1S/C26H32NO2.ClH/c1-21-13-15-27(16-14-21,18-22-7-3-2-4-8-22)19-25(28)20-29-26-12-11-23-9-5-6-10-24(23)17-26;/h2-12,17,21,25,28H,13-16,18-20H2,1H3;1H/q+1;/p-1. The molecular formula is C26H32ClNO2. The van der Waals surface area contributed by atoms with Gasteiger partial charge >= 0.3 is 0 Å². The molecule has 1 aliphatic heterocycles. The molecule has 3 aromatic carbocycles. The summed E-state index contributed by atoms with van der Waals surface area (Å²) in [5, 5.41) is 13.2. The topological polar surface area (TPSA) is 29.5 Å². The van der Waals surface area contributed by atoms with E-state index in [1.54, 1.807) is 0 Å². The Kier molecular flexibility index (Phi) is 7.76. The highest BCUT2D eigenvalue weighted by Gasteiger charge is 2.35. The van der Waals surface area contributed by atoms with Crippen LogP contribution in [0.25, 0.3) is 10.8 Å². The second-order valence-electron chi connectivity index (χ2n) is 8.77. The van der Waals surface area contributed by atoms with Crippen LogP contribution in [0, 0.1) is 5.92 Å². The van der Waals surface area contributed by atoms with E-state index < -0.39 is 6.10 Å². The van der Waals surface area contributed by atoms with Crippen LogP contribution in [0.4, 0.5) is 0 Å². The van der Waals surface area contributed by atoms with Gasteiger partial charge in [0, 0.05) is 5.56 Å². The van der Waals surface area contributed by atoms with Crippen molar-refractivity contribution in [1.29, 1.82) is 0 Å². The number of hydrogen-bond donors (Lipinski definition) is 1. The number of nitrogens with zero attached hydrogens (tertiary/aromatic N) is 1. The van der Waals surface area contributed by atoms with Crippen LogP contribution in [0.15, 0.2) is 72.8 Å². The molecule has 1 aliphatic rings. The van der Waals surface area contributed by atoms with Gasteiger partial charge in [-0.1, -0.05) is 67.6 Å². The zero-order chi connectivity index (χ0) is 20.1. The van der Waals surface area contributed by atoms with E-state index in [1.807, 2.05) is 18.2 Å². The van der Waals surface area contributed by atoms with Crippen LogP contribution >= 0.6 is 0 Å². The van der Waals surface area contributed by atoms with Gasteiger partial charge in [0.05, 0.1) is 13.1 Å². The maximum absolute atomic E-state index is 10.8. The van der Waals surface area contributed by atoms with Gasteiger partial charge in [0.2, 0.25) is 0 Å². The first-order valence-electron chi connectivity index (χ1n) is 10.8. The Hall–Kier alpha value is -2.07. The quantitative estimate of drug-likeness (QED) is 0.587. The molecule has 0 aromatic heterocycles. The summed E-state index contributed by atoms with van der Waals surface area (Å²) in [6.45, 7) is 6.67. The lowest BCUT2D eigenvalue weighted by Crippen LogP contribution is -3.00. The van der Waals surface area contributed by atoms with E-state index in [2.05, 4.69) is 61.5 Å². The molecule has 160 valence electrons. The van der Waals surface area contributed by atoms with Crippen LogP contribution in [-0.4, -0.2) is 41.9 Å². The number of fused-ring (bicyclic) bond motifs is 1. The first-order valence-corrected chi connectivity index (χ1v) is 10.8. The summed E-state index contributed by atoms with van der Waals surface area (Å²) in [6.07, 6.45) is 1.98. The van der Waals surface area contributed by atoms with Gasteiger partial charge in [0.1, 0.15) is 31.5 Å². The van der Waals surface area contributed by atoms with Crippen LogP contribution in [0.2, 0.25) is 0 Å². The summed E-state index contributed by atoms with van der Waals surface area (Å²) in [4.78, 5) is 0. The molecule has 3 aromatic rings. The number of aliphatic hydroxyl groups excluding tert-OH is 1. The van der Waals surface area contributed by atoms with Gasteiger partial charge in [-0.25, -0.2) is 0 Å². The van der Waals surface area contributed by atoms with E-state index >= 15 is 0 Å². The number of benzene rings is 3. The van der Waals surface area contributed by atoms with Crippen molar-refractivity contribution < 1.29 is 26.7 Å². The SMILES string of the molecule is CC1CC[N+](Cc2ccccc2)(CC(O)COc2ccc3ccccc3c2)CC1.[Cl-]. The Bertz CT molecular complexity index is 922. The summed E-state index contributed by atoms with van der Waals surface area (Å²) in [5.74, 6) is 1.60. The van der Waals surface area contributed by atoms with E-state index in [9.17, 15) is 5.11 Å². The van der Waals surface area contributed by atoms with E-state index in [0.717, 1.165) is 47.7 Å².